The SMILES string of the molecule is CN(C(=O)C(C)(C)C)C1CCCN(c2cnc3ccccc3n2)C1. The molecule has 1 aliphatic rings. The molecular formula is C19H26N4O. The number of hydrogen-bond acceptors (Lipinski definition) is 4. The molecule has 0 bridgehead atoms. The van der Waals surface area contributed by atoms with Crippen molar-refractivity contribution in [1.82, 2.24) is 14.9 Å². The molecule has 1 unspecified atom stereocenters. The van der Waals surface area contributed by atoms with Gasteiger partial charge >= 0.3 is 0 Å². The van der Waals surface area contributed by atoms with E-state index in [0.717, 1.165) is 42.8 Å². The van der Waals surface area contributed by atoms with E-state index in [1.807, 2.05) is 63.2 Å². The molecule has 1 aliphatic heterocycles. The maximum absolute atomic E-state index is 12.6. The number of likely N-dealkylation sites (N-methyl/N-ethyl adjacent to an activating group) is 1. The first-order valence-electron chi connectivity index (χ1n) is 8.60. The van der Waals surface area contributed by atoms with Gasteiger partial charge in [0.05, 0.1) is 17.2 Å². The van der Waals surface area contributed by atoms with Crippen molar-refractivity contribution in [3.8, 4) is 0 Å². The second kappa shape index (κ2) is 6.38. The minimum Gasteiger partial charge on any atom is -0.353 e. The van der Waals surface area contributed by atoms with Crippen molar-refractivity contribution in [2.45, 2.75) is 39.7 Å². The zero-order valence-corrected chi connectivity index (χ0v) is 15.0. The van der Waals surface area contributed by atoms with Crippen LogP contribution in [0.15, 0.2) is 30.5 Å². The molecule has 5 heteroatoms. The van der Waals surface area contributed by atoms with Crippen LogP contribution >= 0.6 is 0 Å². The topological polar surface area (TPSA) is 49.3 Å². The molecule has 2 aromatic rings. The van der Waals surface area contributed by atoms with E-state index in [4.69, 9.17) is 4.98 Å². The Kier molecular flexibility index (Phi) is 4.43. The van der Waals surface area contributed by atoms with Crippen LogP contribution in [0.4, 0.5) is 5.82 Å². The van der Waals surface area contributed by atoms with Crippen molar-refractivity contribution in [3.05, 3.63) is 30.5 Å². The summed E-state index contributed by atoms with van der Waals surface area (Å²) in [5.74, 6) is 1.09. The number of anilines is 1. The van der Waals surface area contributed by atoms with Crippen LogP contribution in [0.2, 0.25) is 0 Å². The Balaban J connectivity index is 1.78. The monoisotopic (exact) mass is 326 g/mol. The fourth-order valence-electron chi connectivity index (χ4n) is 3.27. The number of benzene rings is 1. The van der Waals surface area contributed by atoms with Crippen LogP contribution in [0, 0.1) is 5.41 Å². The summed E-state index contributed by atoms with van der Waals surface area (Å²) in [4.78, 5) is 26.0. The number of hydrogen-bond donors (Lipinski definition) is 0. The van der Waals surface area contributed by atoms with Crippen molar-refractivity contribution >= 4 is 22.8 Å². The highest BCUT2D eigenvalue weighted by Gasteiger charge is 2.32. The maximum atomic E-state index is 12.6. The smallest absolute Gasteiger partial charge is 0.227 e. The number of aromatic nitrogens is 2. The van der Waals surface area contributed by atoms with Gasteiger partial charge in [0.2, 0.25) is 5.91 Å². The van der Waals surface area contributed by atoms with E-state index in [-0.39, 0.29) is 17.4 Å². The van der Waals surface area contributed by atoms with Gasteiger partial charge in [-0.15, -0.1) is 0 Å². The lowest BCUT2D eigenvalue weighted by Crippen LogP contribution is -2.51. The van der Waals surface area contributed by atoms with Crippen molar-refractivity contribution in [1.29, 1.82) is 0 Å². The molecule has 1 aromatic carbocycles. The third kappa shape index (κ3) is 3.35. The Morgan fingerprint density at radius 3 is 2.67 bits per heavy atom. The molecule has 1 fully saturated rings. The van der Waals surface area contributed by atoms with Gasteiger partial charge in [0.25, 0.3) is 0 Å². The number of rotatable bonds is 2. The van der Waals surface area contributed by atoms with Crippen LogP contribution in [0.25, 0.3) is 11.0 Å². The Morgan fingerprint density at radius 1 is 1.25 bits per heavy atom. The highest BCUT2D eigenvalue weighted by Crippen LogP contribution is 2.25. The van der Waals surface area contributed by atoms with Gasteiger partial charge in [-0.1, -0.05) is 32.9 Å². The molecule has 1 aromatic heterocycles. The molecule has 0 N–H and O–H groups in total. The first kappa shape index (κ1) is 16.7. The number of nitrogens with zero attached hydrogens (tertiary/aromatic N) is 4. The quantitative estimate of drug-likeness (QED) is 0.851. The maximum Gasteiger partial charge on any atom is 0.227 e. The lowest BCUT2D eigenvalue weighted by atomic mass is 9.93. The van der Waals surface area contributed by atoms with Crippen LogP contribution in [-0.2, 0) is 4.79 Å². The van der Waals surface area contributed by atoms with Crippen LogP contribution in [0.5, 0.6) is 0 Å². The van der Waals surface area contributed by atoms with Gasteiger partial charge in [0, 0.05) is 31.6 Å². The highest BCUT2D eigenvalue weighted by molar-refractivity contribution is 5.81. The molecule has 2 heterocycles. The van der Waals surface area contributed by atoms with Gasteiger partial charge in [-0.2, -0.15) is 0 Å². The number of carbonyl (C=O) groups excluding carboxylic acids is 1. The molecule has 5 nitrogen and oxygen atoms in total. The summed E-state index contributed by atoms with van der Waals surface area (Å²) in [7, 11) is 1.92. The third-order valence-corrected chi connectivity index (χ3v) is 4.67. The molecule has 128 valence electrons. The molecule has 1 saturated heterocycles. The number of carbonyl (C=O) groups is 1. The number of para-hydroxylation sites is 2. The van der Waals surface area contributed by atoms with Crippen LogP contribution < -0.4 is 4.90 Å². The van der Waals surface area contributed by atoms with E-state index in [0.29, 0.717) is 0 Å². The van der Waals surface area contributed by atoms with Gasteiger partial charge in [-0.25, -0.2) is 4.98 Å². The molecule has 0 radical (unpaired) electrons. The molecule has 0 aliphatic carbocycles. The van der Waals surface area contributed by atoms with E-state index < -0.39 is 0 Å². The molecule has 0 saturated carbocycles. The highest BCUT2D eigenvalue weighted by atomic mass is 16.2. The summed E-state index contributed by atoms with van der Waals surface area (Å²) in [5.41, 5.74) is 1.48. The molecule has 24 heavy (non-hydrogen) atoms. The summed E-state index contributed by atoms with van der Waals surface area (Å²) in [6, 6.07) is 8.14. The summed E-state index contributed by atoms with van der Waals surface area (Å²) >= 11 is 0. The zero-order chi connectivity index (χ0) is 17.3. The molecule has 3 rings (SSSR count). The van der Waals surface area contributed by atoms with Crippen LogP contribution in [-0.4, -0.2) is 47.0 Å². The first-order valence-corrected chi connectivity index (χ1v) is 8.60. The van der Waals surface area contributed by atoms with Gasteiger partial charge in [-0.05, 0) is 25.0 Å². The third-order valence-electron chi connectivity index (χ3n) is 4.67. The Labute approximate surface area is 143 Å². The summed E-state index contributed by atoms with van der Waals surface area (Å²) in [6.45, 7) is 7.69. The van der Waals surface area contributed by atoms with Crippen molar-refractivity contribution in [3.63, 3.8) is 0 Å². The van der Waals surface area contributed by atoms with E-state index in [9.17, 15) is 4.79 Å². The normalized spacial score (nSPS) is 18.7. The molecule has 1 amide bonds. The standard InChI is InChI=1S/C19H26N4O/c1-19(2,3)18(24)22(4)14-8-7-11-23(13-14)17-12-20-15-9-5-6-10-16(15)21-17/h5-6,9-10,12,14H,7-8,11,13H2,1-4H3. The predicted octanol–water partition coefficient (Wildman–Crippen LogP) is 3.10. The van der Waals surface area contributed by atoms with E-state index in [1.165, 1.54) is 0 Å². The van der Waals surface area contributed by atoms with Gasteiger partial charge in [-0.3, -0.25) is 9.78 Å². The molecular weight excluding hydrogens is 300 g/mol. The van der Waals surface area contributed by atoms with Crippen molar-refractivity contribution in [2.75, 3.05) is 25.0 Å². The number of amides is 1. The summed E-state index contributed by atoms with van der Waals surface area (Å²) < 4.78 is 0. The van der Waals surface area contributed by atoms with Gasteiger partial charge < -0.3 is 9.80 Å². The second-order valence-electron chi connectivity index (χ2n) is 7.63. The average molecular weight is 326 g/mol. The van der Waals surface area contributed by atoms with Crippen molar-refractivity contribution < 1.29 is 4.79 Å². The van der Waals surface area contributed by atoms with Gasteiger partial charge in [0.1, 0.15) is 5.82 Å². The lowest BCUT2D eigenvalue weighted by molar-refractivity contribution is -0.140. The van der Waals surface area contributed by atoms with Crippen LogP contribution in [0.3, 0.4) is 0 Å². The minimum atomic E-state index is -0.347. The van der Waals surface area contributed by atoms with Gasteiger partial charge in [0.15, 0.2) is 0 Å². The average Bonchev–Trinajstić information content (AvgIpc) is 2.59. The largest absolute Gasteiger partial charge is 0.353 e. The molecule has 0 spiro atoms. The predicted molar refractivity (Wildman–Crippen MR) is 97.0 cm³/mol. The Morgan fingerprint density at radius 2 is 1.96 bits per heavy atom. The van der Waals surface area contributed by atoms with E-state index in [2.05, 4.69) is 9.88 Å². The molecule has 1 atom stereocenters. The second-order valence-corrected chi connectivity index (χ2v) is 7.63. The fourth-order valence-corrected chi connectivity index (χ4v) is 3.27. The minimum absolute atomic E-state index is 0.193. The van der Waals surface area contributed by atoms with E-state index >= 15 is 0 Å². The fraction of sp³-hybridized carbons (Fsp3) is 0.526. The number of fused-ring (bicyclic) bond motifs is 1. The first-order chi connectivity index (χ1) is 11.4. The van der Waals surface area contributed by atoms with Crippen LogP contribution in [0.1, 0.15) is 33.6 Å². The summed E-state index contributed by atoms with van der Waals surface area (Å²) in [5, 5.41) is 0. The summed E-state index contributed by atoms with van der Waals surface area (Å²) in [6.07, 6.45) is 3.94. The zero-order valence-electron chi connectivity index (χ0n) is 15.0. The van der Waals surface area contributed by atoms with Crippen molar-refractivity contribution in [2.24, 2.45) is 5.41 Å². The Hall–Kier alpha value is -2.17. The Bertz CT molecular complexity index is 737. The lowest BCUT2D eigenvalue weighted by Gasteiger charge is -2.40. The number of piperidine rings is 1. The van der Waals surface area contributed by atoms with E-state index in [1.54, 1.807) is 0 Å².